The van der Waals surface area contributed by atoms with Crippen LogP contribution in [0.25, 0.3) is 21.5 Å². The van der Waals surface area contributed by atoms with E-state index < -0.39 is 23.3 Å². The third-order valence-electron chi connectivity index (χ3n) is 5.69. The molecule has 4 aromatic rings. The monoisotopic (exact) mass is 422 g/mol. The minimum absolute atomic E-state index is 0.0186. The van der Waals surface area contributed by atoms with Gasteiger partial charge in [0.15, 0.2) is 11.6 Å². The van der Waals surface area contributed by atoms with Crippen molar-refractivity contribution in [2.45, 2.75) is 25.7 Å². The number of fused-ring (bicyclic) bond motifs is 2. The summed E-state index contributed by atoms with van der Waals surface area (Å²) >= 11 is 0. The molecule has 0 aromatic heterocycles. The van der Waals surface area contributed by atoms with Crippen molar-refractivity contribution in [1.82, 2.24) is 0 Å². The third-order valence-corrected chi connectivity index (χ3v) is 5.69. The van der Waals surface area contributed by atoms with Gasteiger partial charge >= 0.3 is 0 Å². The van der Waals surface area contributed by atoms with Gasteiger partial charge in [0.05, 0.1) is 0 Å². The van der Waals surface area contributed by atoms with E-state index in [4.69, 9.17) is 0 Å². The molecule has 0 saturated carbocycles. The fourth-order valence-electron chi connectivity index (χ4n) is 4.07. The summed E-state index contributed by atoms with van der Waals surface area (Å²) in [6, 6.07) is 25.7. The summed E-state index contributed by atoms with van der Waals surface area (Å²) in [5, 5.41) is 3.24. The summed E-state index contributed by atoms with van der Waals surface area (Å²) in [6.07, 6.45) is -0.215. The molecular weight excluding hydrogens is 400 g/mol. The maximum atomic E-state index is 13.8. The fourth-order valence-corrected chi connectivity index (χ4v) is 4.07. The molecule has 0 bridgehead atoms. The smallest absolute Gasteiger partial charge is 0.213 e. The molecule has 0 spiro atoms. The van der Waals surface area contributed by atoms with Crippen LogP contribution >= 0.6 is 0 Å². The van der Waals surface area contributed by atoms with Crippen molar-refractivity contribution in [2.75, 3.05) is 0 Å². The molecule has 0 heterocycles. The van der Waals surface area contributed by atoms with Crippen molar-refractivity contribution >= 4 is 44.7 Å². The first-order valence-electron chi connectivity index (χ1n) is 10.5. The van der Waals surface area contributed by atoms with E-state index in [1.54, 1.807) is 24.3 Å². The number of benzene rings is 4. The van der Waals surface area contributed by atoms with Gasteiger partial charge in [0.2, 0.25) is 5.78 Å². The van der Waals surface area contributed by atoms with E-state index in [0.717, 1.165) is 21.5 Å². The largest absolute Gasteiger partial charge is 0.300 e. The summed E-state index contributed by atoms with van der Waals surface area (Å²) in [4.78, 5) is 51.3. The van der Waals surface area contributed by atoms with E-state index in [9.17, 15) is 19.2 Å². The van der Waals surface area contributed by atoms with Crippen LogP contribution in [0.15, 0.2) is 84.9 Å². The number of carbonyl (C=O) groups excluding carboxylic acids is 4. The van der Waals surface area contributed by atoms with Gasteiger partial charge in [0.1, 0.15) is 11.7 Å². The zero-order valence-corrected chi connectivity index (χ0v) is 17.7. The minimum atomic E-state index is -1.27. The standard InChI is InChI=1S/C28H22O4/c1-18(29)16-17-25(30)28(32)26(23-14-6-10-19-8-2-4-12-21(19)23)27(31)24-15-7-11-20-9-3-5-13-22(20)24/h2-15,26H,16-17H2,1H3. The zero-order chi connectivity index (χ0) is 22.7. The predicted octanol–water partition coefficient (Wildman–Crippen LogP) is 5.47. The topological polar surface area (TPSA) is 68.3 Å². The Kier molecular flexibility index (Phi) is 6.04. The van der Waals surface area contributed by atoms with Crippen LogP contribution < -0.4 is 0 Å². The Bertz CT molecular complexity index is 1360. The van der Waals surface area contributed by atoms with Crippen LogP contribution in [0.5, 0.6) is 0 Å². The summed E-state index contributed by atoms with van der Waals surface area (Å²) in [6.45, 7) is 1.38. The molecule has 4 nitrogen and oxygen atoms in total. The Hall–Kier alpha value is -3.92. The predicted molar refractivity (Wildman–Crippen MR) is 125 cm³/mol. The maximum absolute atomic E-state index is 13.8. The Morgan fingerprint density at radius 1 is 0.656 bits per heavy atom. The average molecular weight is 422 g/mol. The van der Waals surface area contributed by atoms with Crippen molar-refractivity contribution in [3.63, 3.8) is 0 Å². The molecule has 4 heteroatoms. The summed E-state index contributed by atoms with van der Waals surface area (Å²) < 4.78 is 0. The SMILES string of the molecule is CC(=O)CCC(=O)C(=O)C(C(=O)c1cccc2ccccc12)c1cccc2ccccc12. The molecule has 0 aliphatic rings. The normalized spacial score (nSPS) is 11.9. The van der Waals surface area contributed by atoms with E-state index >= 15 is 0 Å². The maximum Gasteiger partial charge on any atom is 0.213 e. The second-order valence-corrected chi connectivity index (χ2v) is 7.88. The highest BCUT2D eigenvalue weighted by molar-refractivity contribution is 6.45. The number of carbonyl (C=O) groups is 4. The lowest BCUT2D eigenvalue weighted by molar-refractivity contribution is -0.137. The van der Waals surface area contributed by atoms with Crippen LogP contribution in [0.2, 0.25) is 0 Å². The average Bonchev–Trinajstić information content (AvgIpc) is 2.82. The van der Waals surface area contributed by atoms with Gasteiger partial charge in [0, 0.05) is 18.4 Å². The van der Waals surface area contributed by atoms with Crippen LogP contribution in [0, 0.1) is 0 Å². The van der Waals surface area contributed by atoms with Gasteiger partial charge in [-0.05, 0) is 34.0 Å². The molecule has 0 amide bonds. The summed E-state index contributed by atoms with van der Waals surface area (Å²) in [7, 11) is 0. The fraction of sp³-hybridized carbons (Fsp3) is 0.143. The van der Waals surface area contributed by atoms with E-state index in [1.165, 1.54) is 6.92 Å². The van der Waals surface area contributed by atoms with Gasteiger partial charge in [-0.3, -0.25) is 14.4 Å². The lowest BCUT2D eigenvalue weighted by Crippen LogP contribution is -2.29. The van der Waals surface area contributed by atoms with E-state index in [1.807, 2.05) is 60.7 Å². The van der Waals surface area contributed by atoms with Crippen molar-refractivity contribution in [1.29, 1.82) is 0 Å². The van der Waals surface area contributed by atoms with Gasteiger partial charge < -0.3 is 4.79 Å². The zero-order valence-electron chi connectivity index (χ0n) is 17.7. The third kappa shape index (κ3) is 4.12. The van der Waals surface area contributed by atoms with Crippen molar-refractivity contribution in [2.24, 2.45) is 0 Å². The van der Waals surface area contributed by atoms with E-state index in [-0.39, 0.29) is 18.6 Å². The van der Waals surface area contributed by atoms with Crippen molar-refractivity contribution in [3.05, 3.63) is 96.1 Å². The molecule has 0 aliphatic heterocycles. The lowest BCUT2D eigenvalue weighted by atomic mass is 9.81. The van der Waals surface area contributed by atoms with Gasteiger partial charge in [-0.15, -0.1) is 0 Å². The number of ketones is 4. The molecule has 4 aromatic carbocycles. The Morgan fingerprint density at radius 3 is 1.91 bits per heavy atom. The van der Waals surface area contributed by atoms with Gasteiger partial charge in [-0.1, -0.05) is 84.9 Å². The van der Waals surface area contributed by atoms with Crippen LogP contribution in [0.1, 0.15) is 41.6 Å². The van der Waals surface area contributed by atoms with Gasteiger partial charge in [-0.25, -0.2) is 0 Å². The molecule has 0 N–H and O–H groups in total. The van der Waals surface area contributed by atoms with Crippen LogP contribution in [-0.4, -0.2) is 23.1 Å². The number of Topliss-reactive ketones (excluding diaryl/α,β-unsaturated/α-hetero) is 4. The molecule has 4 rings (SSSR count). The van der Waals surface area contributed by atoms with Crippen LogP contribution in [0.3, 0.4) is 0 Å². The Morgan fingerprint density at radius 2 is 1.22 bits per heavy atom. The van der Waals surface area contributed by atoms with Crippen LogP contribution in [0.4, 0.5) is 0 Å². The minimum Gasteiger partial charge on any atom is -0.300 e. The molecule has 158 valence electrons. The highest BCUT2D eigenvalue weighted by Gasteiger charge is 2.35. The van der Waals surface area contributed by atoms with Crippen molar-refractivity contribution in [3.8, 4) is 0 Å². The lowest BCUT2D eigenvalue weighted by Gasteiger charge is -2.18. The summed E-state index contributed by atoms with van der Waals surface area (Å²) in [5.74, 6) is -3.34. The molecule has 1 unspecified atom stereocenters. The molecule has 0 radical (unpaired) electrons. The number of rotatable bonds is 8. The Balaban J connectivity index is 1.87. The van der Waals surface area contributed by atoms with Gasteiger partial charge in [-0.2, -0.15) is 0 Å². The van der Waals surface area contributed by atoms with E-state index in [2.05, 4.69) is 0 Å². The molecule has 1 atom stereocenters. The highest BCUT2D eigenvalue weighted by atomic mass is 16.2. The van der Waals surface area contributed by atoms with Crippen molar-refractivity contribution < 1.29 is 19.2 Å². The summed E-state index contributed by atoms with van der Waals surface area (Å²) in [5.41, 5.74) is 0.899. The highest BCUT2D eigenvalue weighted by Crippen LogP contribution is 2.32. The first kappa shape index (κ1) is 21.3. The number of hydrogen-bond acceptors (Lipinski definition) is 4. The molecule has 0 saturated heterocycles. The second-order valence-electron chi connectivity index (χ2n) is 7.88. The van der Waals surface area contributed by atoms with Crippen LogP contribution in [-0.2, 0) is 14.4 Å². The second kappa shape index (κ2) is 9.06. The quantitative estimate of drug-likeness (QED) is 0.215. The van der Waals surface area contributed by atoms with Gasteiger partial charge in [0.25, 0.3) is 0 Å². The Labute approximate surface area is 185 Å². The molecule has 32 heavy (non-hydrogen) atoms. The molecule has 0 fully saturated rings. The number of hydrogen-bond donors (Lipinski definition) is 0. The first-order chi connectivity index (χ1) is 15.5. The first-order valence-corrected chi connectivity index (χ1v) is 10.5. The molecular formula is C28H22O4. The molecule has 0 aliphatic carbocycles. The van der Waals surface area contributed by atoms with E-state index in [0.29, 0.717) is 11.1 Å².